The van der Waals surface area contributed by atoms with Crippen molar-refractivity contribution < 1.29 is 10.2 Å². The zero-order valence-corrected chi connectivity index (χ0v) is 10.3. The fraction of sp³-hybridized carbons (Fsp3) is 0.571. The highest BCUT2D eigenvalue weighted by atomic mass is 16.3. The number of hydrogen-bond donors (Lipinski definition) is 2. The van der Waals surface area contributed by atoms with Gasteiger partial charge in [0.15, 0.2) is 0 Å². The van der Waals surface area contributed by atoms with Gasteiger partial charge < -0.3 is 10.2 Å². The van der Waals surface area contributed by atoms with E-state index in [-0.39, 0.29) is 5.75 Å². The SMILES string of the molecule is Cc1cc(O)c(C(C)(C)O)c2c1CCCC2. The van der Waals surface area contributed by atoms with Crippen LogP contribution in [0.3, 0.4) is 0 Å². The summed E-state index contributed by atoms with van der Waals surface area (Å²) in [5.41, 5.74) is 3.43. The summed E-state index contributed by atoms with van der Waals surface area (Å²) in [5, 5.41) is 20.2. The summed E-state index contributed by atoms with van der Waals surface area (Å²) in [6, 6.07) is 1.79. The van der Waals surface area contributed by atoms with Gasteiger partial charge in [0.1, 0.15) is 5.75 Å². The zero-order valence-electron chi connectivity index (χ0n) is 10.3. The molecule has 2 N–H and O–H groups in total. The van der Waals surface area contributed by atoms with Gasteiger partial charge in [-0.1, -0.05) is 0 Å². The second kappa shape index (κ2) is 3.77. The maximum Gasteiger partial charge on any atom is 0.122 e. The van der Waals surface area contributed by atoms with Gasteiger partial charge in [-0.25, -0.2) is 0 Å². The third-order valence-corrected chi connectivity index (χ3v) is 3.47. The van der Waals surface area contributed by atoms with E-state index < -0.39 is 5.60 Å². The molecule has 2 rings (SSSR count). The molecule has 0 radical (unpaired) electrons. The molecule has 0 atom stereocenters. The van der Waals surface area contributed by atoms with Crippen LogP contribution in [0, 0.1) is 6.92 Å². The lowest BCUT2D eigenvalue weighted by molar-refractivity contribution is 0.0745. The normalized spacial score (nSPS) is 16.0. The van der Waals surface area contributed by atoms with Crippen LogP contribution < -0.4 is 0 Å². The lowest BCUT2D eigenvalue weighted by Gasteiger charge is -2.28. The van der Waals surface area contributed by atoms with Crippen LogP contribution in [0.2, 0.25) is 0 Å². The van der Waals surface area contributed by atoms with Crippen molar-refractivity contribution in [1.29, 1.82) is 0 Å². The van der Waals surface area contributed by atoms with Gasteiger partial charge in [-0.2, -0.15) is 0 Å². The fourth-order valence-electron chi connectivity index (χ4n) is 2.82. The Hall–Kier alpha value is -1.02. The van der Waals surface area contributed by atoms with E-state index in [1.165, 1.54) is 17.5 Å². The molecule has 0 amide bonds. The Labute approximate surface area is 96.9 Å². The predicted molar refractivity (Wildman–Crippen MR) is 64.7 cm³/mol. The number of aryl methyl sites for hydroxylation is 1. The molecule has 1 aromatic rings. The Bertz CT molecular complexity index is 414. The van der Waals surface area contributed by atoms with Gasteiger partial charge in [0.2, 0.25) is 0 Å². The van der Waals surface area contributed by atoms with Crippen molar-refractivity contribution in [2.24, 2.45) is 0 Å². The van der Waals surface area contributed by atoms with Crippen LogP contribution in [0.15, 0.2) is 6.07 Å². The monoisotopic (exact) mass is 220 g/mol. The van der Waals surface area contributed by atoms with Crippen LogP contribution in [0.1, 0.15) is 48.9 Å². The molecule has 2 heteroatoms. The van der Waals surface area contributed by atoms with Gasteiger partial charge in [0.25, 0.3) is 0 Å². The van der Waals surface area contributed by atoms with Gasteiger partial charge in [-0.05, 0) is 69.2 Å². The number of phenolic OH excluding ortho intramolecular Hbond substituents is 1. The van der Waals surface area contributed by atoms with Gasteiger partial charge in [-0.15, -0.1) is 0 Å². The molecule has 0 aliphatic heterocycles. The van der Waals surface area contributed by atoms with E-state index in [1.807, 2.05) is 6.92 Å². The summed E-state index contributed by atoms with van der Waals surface area (Å²) in [4.78, 5) is 0. The van der Waals surface area contributed by atoms with Crippen molar-refractivity contribution in [3.63, 3.8) is 0 Å². The average Bonchev–Trinajstić information content (AvgIpc) is 2.15. The minimum atomic E-state index is -0.959. The minimum absolute atomic E-state index is 0.241. The molecule has 88 valence electrons. The van der Waals surface area contributed by atoms with Crippen molar-refractivity contribution in [1.82, 2.24) is 0 Å². The number of phenols is 1. The van der Waals surface area contributed by atoms with Gasteiger partial charge in [0.05, 0.1) is 5.60 Å². The largest absolute Gasteiger partial charge is 0.508 e. The van der Waals surface area contributed by atoms with Crippen molar-refractivity contribution in [2.75, 3.05) is 0 Å². The van der Waals surface area contributed by atoms with E-state index in [9.17, 15) is 10.2 Å². The summed E-state index contributed by atoms with van der Waals surface area (Å²) in [5.74, 6) is 0.241. The maximum absolute atomic E-state index is 10.2. The zero-order chi connectivity index (χ0) is 11.9. The van der Waals surface area contributed by atoms with Crippen LogP contribution in [0.25, 0.3) is 0 Å². The molecule has 1 aliphatic carbocycles. The summed E-state index contributed by atoms with van der Waals surface area (Å²) >= 11 is 0. The fourth-order valence-corrected chi connectivity index (χ4v) is 2.82. The van der Waals surface area contributed by atoms with Gasteiger partial charge in [-0.3, -0.25) is 0 Å². The molecule has 0 bridgehead atoms. The highest BCUT2D eigenvalue weighted by Gasteiger charge is 2.28. The van der Waals surface area contributed by atoms with Crippen LogP contribution in [-0.4, -0.2) is 10.2 Å². The Morgan fingerprint density at radius 3 is 2.25 bits per heavy atom. The van der Waals surface area contributed by atoms with Crippen molar-refractivity contribution in [3.05, 3.63) is 28.3 Å². The highest BCUT2D eigenvalue weighted by Crippen LogP contribution is 2.38. The minimum Gasteiger partial charge on any atom is -0.508 e. The van der Waals surface area contributed by atoms with Crippen LogP contribution in [0.5, 0.6) is 5.75 Å². The number of hydrogen-bond acceptors (Lipinski definition) is 2. The Morgan fingerprint density at radius 1 is 1.12 bits per heavy atom. The van der Waals surface area contributed by atoms with E-state index in [0.717, 1.165) is 30.4 Å². The third kappa shape index (κ3) is 1.82. The molecule has 16 heavy (non-hydrogen) atoms. The average molecular weight is 220 g/mol. The highest BCUT2D eigenvalue weighted by molar-refractivity contribution is 5.52. The van der Waals surface area contributed by atoms with Crippen molar-refractivity contribution in [3.8, 4) is 5.75 Å². The number of aliphatic hydroxyl groups is 1. The quantitative estimate of drug-likeness (QED) is 0.764. The first kappa shape index (κ1) is 11.5. The maximum atomic E-state index is 10.2. The smallest absolute Gasteiger partial charge is 0.122 e. The molecule has 0 aromatic heterocycles. The third-order valence-electron chi connectivity index (χ3n) is 3.47. The molecule has 0 heterocycles. The van der Waals surface area contributed by atoms with Crippen LogP contribution in [0.4, 0.5) is 0 Å². The van der Waals surface area contributed by atoms with Crippen molar-refractivity contribution in [2.45, 2.75) is 52.1 Å². The van der Waals surface area contributed by atoms with Gasteiger partial charge >= 0.3 is 0 Å². The first-order chi connectivity index (χ1) is 7.41. The van der Waals surface area contributed by atoms with E-state index in [2.05, 4.69) is 0 Å². The predicted octanol–water partition coefficient (Wildman–Crippen LogP) is 2.81. The lowest BCUT2D eigenvalue weighted by Crippen LogP contribution is -2.21. The Kier molecular flexibility index (Phi) is 2.70. The Morgan fingerprint density at radius 2 is 1.69 bits per heavy atom. The van der Waals surface area contributed by atoms with E-state index >= 15 is 0 Å². The van der Waals surface area contributed by atoms with E-state index in [1.54, 1.807) is 19.9 Å². The summed E-state index contributed by atoms with van der Waals surface area (Å²) in [7, 11) is 0. The van der Waals surface area contributed by atoms with Crippen LogP contribution in [-0.2, 0) is 18.4 Å². The Balaban J connectivity index is 2.68. The molecule has 1 aliphatic rings. The number of rotatable bonds is 1. The molecule has 2 nitrogen and oxygen atoms in total. The second-order valence-corrected chi connectivity index (χ2v) is 5.31. The standard InChI is InChI=1S/C14H20O2/c1-9-8-12(15)13(14(2,3)16)11-7-5-4-6-10(9)11/h8,15-16H,4-7H2,1-3H3. The van der Waals surface area contributed by atoms with Gasteiger partial charge in [0, 0.05) is 5.56 Å². The molecule has 0 spiro atoms. The molecule has 0 saturated carbocycles. The van der Waals surface area contributed by atoms with Crippen LogP contribution >= 0.6 is 0 Å². The summed E-state index contributed by atoms with van der Waals surface area (Å²) in [6.45, 7) is 5.52. The molecule has 0 unspecified atom stereocenters. The molecule has 0 saturated heterocycles. The lowest BCUT2D eigenvalue weighted by atomic mass is 9.80. The molecular formula is C14H20O2. The number of fused-ring (bicyclic) bond motifs is 1. The van der Waals surface area contributed by atoms with E-state index in [0.29, 0.717) is 0 Å². The van der Waals surface area contributed by atoms with Crippen molar-refractivity contribution >= 4 is 0 Å². The van der Waals surface area contributed by atoms with E-state index in [4.69, 9.17) is 0 Å². The number of aromatic hydroxyl groups is 1. The summed E-state index contributed by atoms with van der Waals surface area (Å²) < 4.78 is 0. The second-order valence-electron chi connectivity index (χ2n) is 5.31. The molecule has 0 fully saturated rings. The molecule has 1 aromatic carbocycles. The summed E-state index contributed by atoms with van der Waals surface area (Å²) in [6.07, 6.45) is 4.41. The first-order valence-corrected chi connectivity index (χ1v) is 5.98. The topological polar surface area (TPSA) is 40.5 Å². The number of benzene rings is 1. The first-order valence-electron chi connectivity index (χ1n) is 5.98. The molecular weight excluding hydrogens is 200 g/mol.